The number of ether oxygens (including phenoxy) is 2. The molecule has 0 saturated heterocycles. The number of amides is 1. The highest BCUT2D eigenvalue weighted by atomic mass is 16.7. The van der Waals surface area contributed by atoms with Crippen LogP contribution in [0.15, 0.2) is 5.16 Å². The van der Waals surface area contributed by atoms with Crippen molar-refractivity contribution in [1.82, 2.24) is 5.32 Å². The van der Waals surface area contributed by atoms with Crippen LogP contribution in [0.2, 0.25) is 0 Å². The Bertz CT molecular complexity index is 302. The molecule has 0 unspecified atom stereocenters. The number of oxime groups is 1. The van der Waals surface area contributed by atoms with Gasteiger partial charge in [-0.25, -0.2) is 0 Å². The molecule has 6 nitrogen and oxygen atoms in total. The summed E-state index contributed by atoms with van der Waals surface area (Å²) in [5, 5.41) is 6.50. The van der Waals surface area contributed by atoms with E-state index in [-0.39, 0.29) is 5.91 Å². The lowest BCUT2D eigenvalue weighted by molar-refractivity contribution is -0.118. The van der Waals surface area contributed by atoms with Gasteiger partial charge >= 0.3 is 0 Å². The molecule has 1 N–H and O–H groups in total. The second-order valence-corrected chi connectivity index (χ2v) is 3.92. The summed E-state index contributed by atoms with van der Waals surface area (Å²) in [5.74, 6) is 1.07. The summed E-state index contributed by atoms with van der Waals surface area (Å²) < 4.78 is 10.4. The van der Waals surface area contributed by atoms with Gasteiger partial charge in [0.05, 0.1) is 25.7 Å². The van der Waals surface area contributed by atoms with Gasteiger partial charge in [-0.15, -0.1) is 0 Å². The van der Waals surface area contributed by atoms with Crippen LogP contribution in [0, 0.1) is 31.6 Å². The third-order valence-corrected chi connectivity index (χ3v) is 2.32. The van der Waals surface area contributed by atoms with Crippen LogP contribution in [-0.4, -0.2) is 44.8 Å². The van der Waals surface area contributed by atoms with E-state index in [1.54, 1.807) is 19.8 Å². The normalized spacial score (nSPS) is 16.2. The predicted molar refractivity (Wildman–Crippen MR) is 75.0 cm³/mol. The summed E-state index contributed by atoms with van der Waals surface area (Å²) >= 11 is 0. The summed E-state index contributed by atoms with van der Waals surface area (Å²) in [6.07, 6.45) is 7.19. The van der Waals surface area contributed by atoms with E-state index in [4.69, 9.17) is 14.3 Å². The minimum atomic E-state index is -0.0909. The fourth-order valence-corrected chi connectivity index (χ4v) is 1.43. The second-order valence-electron chi connectivity index (χ2n) is 3.92. The number of hydrogen-bond acceptors (Lipinski definition) is 5. The van der Waals surface area contributed by atoms with E-state index in [1.165, 1.54) is 0 Å². The molecule has 0 bridgehead atoms. The molecule has 0 aromatic rings. The van der Waals surface area contributed by atoms with E-state index in [9.17, 15) is 4.79 Å². The smallest absolute Gasteiger partial charge is 0.228 e. The molecule has 0 spiro atoms. The fourth-order valence-electron chi connectivity index (χ4n) is 1.43. The average molecular weight is 281 g/mol. The molecule has 0 aliphatic heterocycles. The number of nitrogens with zero attached hydrogens (tertiary/aromatic N) is 1. The number of rotatable bonds is 9. The molecular formula is C14H21N2O4. The maximum absolute atomic E-state index is 11.6. The molecule has 1 aliphatic carbocycles. The maximum atomic E-state index is 11.6. The summed E-state index contributed by atoms with van der Waals surface area (Å²) in [6.45, 7) is 5.83. The van der Waals surface area contributed by atoms with Crippen molar-refractivity contribution in [1.29, 1.82) is 0 Å². The van der Waals surface area contributed by atoms with Crippen molar-refractivity contribution < 1.29 is 19.1 Å². The second kappa shape index (κ2) is 10.5. The summed E-state index contributed by atoms with van der Waals surface area (Å²) in [6, 6.07) is 0. The first kappa shape index (κ1) is 16.8. The Morgan fingerprint density at radius 3 is 2.70 bits per heavy atom. The molecule has 1 fully saturated rings. The molecule has 0 heterocycles. The van der Waals surface area contributed by atoms with Gasteiger partial charge in [-0.2, -0.15) is 0 Å². The first-order chi connectivity index (χ1) is 9.74. The molecule has 6 heteroatoms. The third-order valence-electron chi connectivity index (χ3n) is 2.32. The number of hydrogen-bond donors (Lipinski definition) is 1. The monoisotopic (exact) mass is 281 g/mol. The first-order valence-corrected chi connectivity index (χ1v) is 6.61. The molecule has 1 aliphatic rings. The van der Waals surface area contributed by atoms with Crippen LogP contribution in [0.3, 0.4) is 0 Å². The highest BCUT2D eigenvalue weighted by molar-refractivity contribution is 5.95. The molecule has 0 aromatic heterocycles. The van der Waals surface area contributed by atoms with Crippen LogP contribution >= 0.6 is 0 Å². The van der Waals surface area contributed by atoms with Crippen molar-refractivity contribution in [3.63, 3.8) is 0 Å². The SMILES string of the molecule is CCO/C(C)=N\OCCOCCNC(=O)[C]1[CH][CH][CH][CH]1. The van der Waals surface area contributed by atoms with Crippen LogP contribution in [-0.2, 0) is 19.1 Å². The molecule has 1 rings (SSSR count). The van der Waals surface area contributed by atoms with Crippen molar-refractivity contribution >= 4 is 11.8 Å². The van der Waals surface area contributed by atoms with Crippen molar-refractivity contribution in [2.45, 2.75) is 13.8 Å². The minimum Gasteiger partial charge on any atom is -0.479 e. The lowest BCUT2D eigenvalue weighted by atomic mass is 10.1. The molecule has 20 heavy (non-hydrogen) atoms. The Balaban J connectivity index is 1.89. The summed E-state index contributed by atoms with van der Waals surface area (Å²) in [7, 11) is 0. The van der Waals surface area contributed by atoms with Crippen LogP contribution in [0.1, 0.15) is 13.8 Å². The molecule has 0 atom stereocenters. The van der Waals surface area contributed by atoms with E-state index in [0.717, 1.165) is 0 Å². The lowest BCUT2D eigenvalue weighted by Crippen LogP contribution is -2.31. The maximum Gasteiger partial charge on any atom is 0.228 e. The molecule has 0 aromatic carbocycles. The van der Waals surface area contributed by atoms with Gasteiger partial charge in [-0.1, -0.05) is 5.16 Å². The average Bonchev–Trinajstić information content (AvgIpc) is 2.96. The van der Waals surface area contributed by atoms with Gasteiger partial charge in [0.2, 0.25) is 11.8 Å². The summed E-state index contributed by atoms with van der Waals surface area (Å²) in [4.78, 5) is 16.5. The minimum absolute atomic E-state index is 0.0909. The van der Waals surface area contributed by atoms with Crippen LogP contribution in [0.5, 0.6) is 0 Å². The fraction of sp³-hybridized carbons (Fsp3) is 0.500. The van der Waals surface area contributed by atoms with Crippen molar-refractivity contribution in [2.24, 2.45) is 5.16 Å². The van der Waals surface area contributed by atoms with Gasteiger partial charge in [-0.05, 0) is 32.6 Å². The zero-order valence-corrected chi connectivity index (χ0v) is 11.9. The molecule has 5 radical (unpaired) electrons. The van der Waals surface area contributed by atoms with E-state index >= 15 is 0 Å². The number of carbonyl (C=O) groups is 1. The third kappa shape index (κ3) is 7.33. The van der Waals surface area contributed by atoms with Crippen molar-refractivity contribution in [3.8, 4) is 0 Å². The number of carbonyl (C=O) groups excluding carboxylic acids is 1. The standard InChI is InChI=1S/C14H21N2O4/c1-3-19-12(2)16-20-11-10-18-9-8-15-14(17)13-6-4-5-7-13/h4-7H,3,8-11H2,1-2H3,(H,15,17)/b16-12-. The zero-order valence-electron chi connectivity index (χ0n) is 11.9. The van der Waals surface area contributed by atoms with Gasteiger partial charge in [0.15, 0.2) is 0 Å². The zero-order chi connectivity index (χ0) is 14.6. The van der Waals surface area contributed by atoms with E-state index < -0.39 is 0 Å². The van der Waals surface area contributed by atoms with E-state index in [2.05, 4.69) is 10.5 Å². The van der Waals surface area contributed by atoms with Gasteiger partial charge < -0.3 is 19.6 Å². The Morgan fingerprint density at radius 2 is 2.00 bits per heavy atom. The van der Waals surface area contributed by atoms with Gasteiger partial charge in [0.1, 0.15) is 6.61 Å². The Hall–Kier alpha value is -1.30. The van der Waals surface area contributed by atoms with Crippen molar-refractivity contribution in [2.75, 3.05) is 33.0 Å². The van der Waals surface area contributed by atoms with Gasteiger partial charge in [-0.3, -0.25) is 4.79 Å². The van der Waals surface area contributed by atoms with Crippen LogP contribution in [0.25, 0.3) is 0 Å². The highest BCUT2D eigenvalue weighted by Crippen LogP contribution is 2.22. The number of nitrogens with one attached hydrogen (secondary N) is 1. The first-order valence-electron chi connectivity index (χ1n) is 6.61. The molecule has 111 valence electrons. The summed E-state index contributed by atoms with van der Waals surface area (Å²) in [5.41, 5.74) is 0. The lowest BCUT2D eigenvalue weighted by Gasteiger charge is -2.09. The van der Waals surface area contributed by atoms with E-state index in [1.807, 2.05) is 19.8 Å². The van der Waals surface area contributed by atoms with Gasteiger partial charge in [0.25, 0.3) is 0 Å². The van der Waals surface area contributed by atoms with Crippen molar-refractivity contribution in [3.05, 3.63) is 31.6 Å². The Morgan fingerprint density at radius 1 is 1.25 bits per heavy atom. The predicted octanol–water partition coefficient (Wildman–Crippen LogP) is 0.911. The molecular weight excluding hydrogens is 260 g/mol. The Kier molecular flexibility index (Phi) is 8.78. The largest absolute Gasteiger partial charge is 0.479 e. The van der Waals surface area contributed by atoms with Gasteiger partial charge in [0, 0.05) is 13.5 Å². The van der Waals surface area contributed by atoms with E-state index in [0.29, 0.717) is 44.8 Å². The molecule has 1 amide bonds. The van der Waals surface area contributed by atoms with Crippen LogP contribution in [0.4, 0.5) is 0 Å². The van der Waals surface area contributed by atoms with Crippen LogP contribution < -0.4 is 5.32 Å². The molecule has 1 saturated carbocycles. The Labute approximate surface area is 120 Å². The quantitative estimate of drug-likeness (QED) is 0.295. The highest BCUT2D eigenvalue weighted by Gasteiger charge is 2.23. The topological polar surface area (TPSA) is 69.2 Å².